The molecule has 0 saturated heterocycles. The molecule has 0 radical (unpaired) electrons. The minimum absolute atomic E-state index is 0.268. The number of hydrogen-bond acceptors (Lipinski definition) is 2. The Kier molecular flexibility index (Phi) is 4.17. The number of amides is 1. The second-order valence-electron chi connectivity index (χ2n) is 3.84. The molecule has 1 N–H and O–H groups in total. The number of fused-ring (bicyclic) bond motifs is 1. The van der Waals surface area contributed by atoms with Crippen LogP contribution in [0.4, 0.5) is 0 Å². The van der Waals surface area contributed by atoms with E-state index in [4.69, 9.17) is 51.1 Å². The number of nitrogens with one attached hydrogen (secondary N) is 1. The number of carbonyl (C=O) groups is 1. The van der Waals surface area contributed by atoms with E-state index < -0.39 is 9.70 Å². The van der Waals surface area contributed by atoms with Crippen LogP contribution in [-0.2, 0) is 4.79 Å². The van der Waals surface area contributed by atoms with Gasteiger partial charge in [0.1, 0.15) is 5.75 Å². The Balaban J connectivity index is 2.22. The fourth-order valence-electron chi connectivity index (χ4n) is 1.76. The number of hydrogen-bond donors (Lipinski definition) is 1. The van der Waals surface area contributed by atoms with Gasteiger partial charge in [-0.15, -0.1) is 0 Å². The van der Waals surface area contributed by atoms with Crippen molar-refractivity contribution in [3.05, 3.63) is 28.8 Å². The SMILES string of the molecule is O=C(NC1CCOc2ccc(Cl)cc21)C(Cl)(Cl)Cl. The number of rotatable bonds is 1. The van der Waals surface area contributed by atoms with Crippen LogP contribution < -0.4 is 10.1 Å². The maximum absolute atomic E-state index is 11.6. The number of halogens is 4. The lowest BCUT2D eigenvalue weighted by atomic mass is 10.0. The minimum atomic E-state index is -1.98. The van der Waals surface area contributed by atoms with Crippen molar-refractivity contribution in [2.24, 2.45) is 0 Å². The Hall–Kier alpha value is -0.350. The molecular formula is C11H9Cl4NO2. The summed E-state index contributed by atoms with van der Waals surface area (Å²) in [5, 5.41) is 3.23. The van der Waals surface area contributed by atoms with Crippen molar-refractivity contribution < 1.29 is 9.53 Å². The zero-order chi connectivity index (χ0) is 13.3. The fraction of sp³-hybridized carbons (Fsp3) is 0.364. The molecule has 0 aromatic heterocycles. The van der Waals surface area contributed by atoms with E-state index in [1.807, 2.05) is 0 Å². The van der Waals surface area contributed by atoms with E-state index >= 15 is 0 Å². The first kappa shape index (κ1) is 14.1. The van der Waals surface area contributed by atoms with Gasteiger partial charge in [-0.25, -0.2) is 0 Å². The molecule has 2 rings (SSSR count). The highest BCUT2D eigenvalue weighted by atomic mass is 35.6. The molecule has 0 fully saturated rings. The van der Waals surface area contributed by atoms with E-state index in [2.05, 4.69) is 5.32 Å². The lowest BCUT2D eigenvalue weighted by molar-refractivity contribution is -0.121. The number of ether oxygens (including phenoxy) is 1. The van der Waals surface area contributed by atoms with Crippen LogP contribution >= 0.6 is 46.4 Å². The largest absolute Gasteiger partial charge is 0.493 e. The van der Waals surface area contributed by atoms with Crippen molar-refractivity contribution in [3.63, 3.8) is 0 Å². The third-order valence-electron chi connectivity index (χ3n) is 2.57. The van der Waals surface area contributed by atoms with Gasteiger partial charge in [-0.3, -0.25) is 4.79 Å². The summed E-state index contributed by atoms with van der Waals surface area (Å²) in [6.45, 7) is 0.486. The van der Waals surface area contributed by atoms with Crippen LogP contribution in [0.3, 0.4) is 0 Å². The highest BCUT2D eigenvalue weighted by Crippen LogP contribution is 2.35. The van der Waals surface area contributed by atoms with Crippen molar-refractivity contribution in [2.45, 2.75) is 16.3 Å². The summed E-state index contributed by atoms with van der Waals surface area (Å²) in [4.78, 5) is 11.6. The van der Waals surface area contributed by atoms with E-state index in [0.717, 1.165) is 5.56 Å². The summed E-state index contributed by atoms with van der Waals surface area (Å²) in [7, 11) is 0. The summed E-state index contributed by atoms with van der Waals surface area (Å²) in [6.07, 6.45) is 0.597. The van der Waals surface area contributed by atoms with Crippen LogP contribution in [0, 0.1) is 0 Å². The van der Waals surface area contributed by atoms with E-state index in [1.54, 1.807) is 18.2 Å². The number of benzene rings is 1. The van der Waals surface area contributed by atoms with Crippen molar-refractivity contribution >= 4 is 52.3 Å². The zero-order valence-electron chi connectivity index (χ0n) is 9.05. The van der Waals surface area contributed by atoms with Gasteiger partial charge in [-0.2, -0.15) is 0 Å². The molecule has 1 aromatic rings. The molecule has 1 amide bonds. The molecule has 18 heavy (non-hydrogen) atoms. The molecule has 98 valence electrons. The molecule has 7 heteroatoms. The van der Waals surface area contributed by atoms with E-state index in [9.17, 15) is 4.79 Å². The van der Waals surface area contributed by atoms with Crippen molar-refractivity contribution in [2.75, 3.05) is 6.61 Å². The quantitative estimate of drug-likeness (QED) is 0.799. The van der Waals surface area contributed by atoms with Gasteiger partial charge in [0.15, 0.2) is 0 Å². The minimum Gasteiger partial charge on any atom is -0.493 e. The summed E-state index contributed by atoms with van der Waals surface area (Å²) < 4.78 is 3.49. The second kappa shape index (κ2) is 5.33. The van der Waals surface area contributed by atoms with Crippen molar-refractivity contribution in [1.29, 1.82) is 0 Å². The molecule has 1 aliphatic rings. The average molecular weight is 329 g/mol. The molecular weight excluding hydrogens is 320 g/mol. The molecule has 3 nitrogen and oxygen atoms in total. The smallest absolute Gasteiger partial charge is 0.272 e. The van der Waals surface area contributed by atoms with E-state index in [-0.39, 0.29) is 6.04 Å². The van der Waals surface area contributed by atoms with Crippen molar-refractivity contribution in [1.82, 2.24) is 5.32 Å². The van der Waals surface area contributed by atoms with E-state index in [0.29, 0.717) is 23.8 Å². The summed E-state index contributed by atoms with van der Waals surface area (Å²) >= 11 is 22.5. The van der Waals surface area contributed by atoms with Crippen LogP contribution in [0.2, 0.25) is 5.02 Å². The van der Waals surface area contributed by atoms with E-state index in [1.165, 1.54) is 0 Å². The van der Waals surface area contributed by atoms with Gasteiger partial charge in [0, 0.05) is 17.0 Å². The lowest BCUT2D eigenvalue weighted by Gasteiger charge is -2.27. The molecule has 0 saturated carbocycles. The molecule has 1 aromatic carbocycles. The monoisotopic (exact) mass is 327 g/mol. The van der Waals surface area contributed by atoms with Gasteiger partial charge < -0.3 is 10.1 Å². The third-order valence-corrected chi connectivity index (χ3v) is 3.32. The van der Waals surface area contributed by atoms with Gasteiger partial charge in [-0.1, -0.05) is 46.4 Å². The first-order valence-electron chi connectivity index (χ1n) is 5.18. The van der Waals surface area contributed by atoms with Crippen LogP contribution in [0.1, 0.15) is 18.0 Å². The van der Waals surface area contributed by atoms with Gasteiger partial charge >= 0.3 is 0 Å². The van der Waals surface area contributed by atoms with Crippen LogP contribution in [0.5, 0.6) is 5.75 Å². The lowest BCUT2D eigenvalue weighted by Crippen LogP contribution is -2.39. The summed E-state index contributed by atoms with van der Waals surface area (Å²) in [5.74, 6) is 0.0191. The number of alkyl halides is 3. The predicted octanol–water partition coefficient (Wildman–Crippen LogP) is 3.65. The van der Waals surface area contributed by atoms with Crippen LogP contribution in [-0.4, -0.2) is 16.3 Å². The van der Waals surface area contributed by atoms with Gasteiger partial charge in [0.25, 0.3) is 9.70 Å². The third kappa shape index (κ3) is 3.15. The Morgan fingerprint density at radius 3 is 2.78 bits per heavy atom. The van der Waals surface area contributed by atoms with Gasteiger partial charge in [0.05, 0.1) is 12.6 Å². The Labute approximate surface area is 124 Å². The van der Waals surface area contributed by atoms with Crippen LogP contribution in [0.25, 0.3) is 0 Å². The zero-order valence-corrected chi connectivity index (χ0v) is 12.1. The first-order valence-corrected chi connectivity index (χ1v) is 6.69. The molecule has 1 unspecified atom stereocenters. The molecule has 0 bridgehead atoms. The van der Waals surface area contributed by atoms with Crippen molar-refractivity contribution in [3.8, 4) is 5.75 Å². The first-order chi connectivity index (χ1) is 8.38. The fourth-order valence-corrected chi connectivity index (χ4v) is 2.10. The van der Waals surface area contributed by atoms with Crippen LogP contribution in [0.15, 0.2) is 18.2 Å². The summed E-state index contributed by atoms with van der Waals surface area (Å²) in [5.41, 5.74) is 0.788. The molecule has 0 aliphatic carbocycles. The molecule has 1 heterocycles. The normalized spacial score (nSPS) is 18.8. The maximum Gasteiger partial charge on any atom is 0.272 e. The number of carbonyl (C=O) groups excluding carboxylic acids is 1. The Bertz CT molecular complexity index is 473. The topological polar surface area (TPSA) is 38.3 Å². The summed E-state index contributed by atoms with van der Waals surface area (Å²) in [6, 6.07) is 4.94. The Morgan fingerprint density at radius 1 is 1.39 bits per heavy atom. The molecule has 1 aliphatic heterocycles. The molecule has 0 spiro atoms. The maximum atomic E-state index is 11.6. The Morgan fingerprint density at radius 2 is 2.11 bits per heavy atom. The molecule has 1 atom stereocenters. The second-order valence-corrected chi connectivity index (χ2v) is 6.56. The standard InChI is InChI=1S/C11H9Cl4NO2/c12-6-1-2-9-7(5-6)8(3-4-18-9)16-10(17)11(13,14)15/h1-2,5,8H,3-4H2,(H,16,17). The average Bonchev–Trinajstić information content (AvgIpc) is 2.28. The van der Waals surface area contributed by atoms with Gasteiger partial charge in [-0.05, 0) is 18.2 Å². The highest BCUT2D eigenvalue weighted by molar-refractivity contribution is 6.76. The predicted molar refractivity (Wildman–Crippen MR) is 72.7 cm³/mol. The van der Waals surface area contributed by atoms with Gasteiger partial charge in [0.2, 0.25) is 0 Å². The highest BCUT2D eigenvalue weighted by Gasteiger charge is 2.34.